The number of rotatable bonds is 6. The van der Waals surface area contributed by atoms with E-state index in [1.165, 1.54) is 41.4 Å². The minimum Gasteiger partial charge on any atom is -0.444 e. The lowest BCUT2D eigenvalue weighted by Gasteiger charge is -2.33. The van der Waals surface area contributed by atoms with Gasteiger partial charge in [0.05, 0.1) is 0 Å². The summed E-state index contributed by atoms with van der Waals surface area (Å²) in [6.07, 6.45) is 7.62. The van der Waals surface area contributed by atoms with Gasteiger partial charge in [0.2, 0.25) is 0 Å². The zero-order chi connectivity index (χ0) is 20.1. The molecule has 0 unspecified atom stereocenters. The van der Waals surface area contributed by atoms with E-state index in [-0.39, 0.29) is 6.09 Å². The molecule has 0 saturated carbocycles. The Balaban J connectivity index is 1.63. The Morgan fingerprint density at radius 2 is 2.00 bits per heavy atom. The third-order valence-corrected chi connectivity index (χ3v) is 5.41. The molecule has 5 heteroatoms. The van der Waals surface area contributed by atoms with E-state index in [1.54, 1.807) is 0 Å². The number of ether oxygens (including phenoxy) is 1. The first-order valence-corrected chi connectivity index (χ1v) is 10.7. The smallest absolute Gasteiger partial charge is 0.410 e. The van der Waals surface area contributed by atoms with Crippen LogP contribution >= 0.6 is 0 Å². The van der Waals surface area contributed by atoms with Crippen molar-refractivity contribution in [2.75, 3.05) is 25.0 Å². The van der Waals surface area contributed by atoms with Gasteiger partial charge in [0.1, 0.15) is 5.60 Å². The van der Waals surface area contributed by atoms with Crippen molar-refractivity contribution in [3.05, 3.63) is 30.0 Å². The fourth-order valence-electron chi connectivity index (χ4n) is 3.90. The second-order valence-corrected chi connectivity index (χ2v) is 8.88. The van der Waals surface area contributed by atoms with Gasteiger partial charge < -0.3 is 19.9 Å². The number of likely N-dealkylation sites (tertiary alicyclic amines) is 1. The van der Waals surface area contributed by atoms with E-state index in [2.05, 4.69) is 41.6 Å². The van der Waals surface area contributed by atoms with Crippen LogP contribution in [0.4, 0.5) is 10.5 Å². The third-order valence-electron chi connectivity index (χ3n) is 5.41. The average Bonchev–Trinajstić information content (AvgIpc) is 3.07. The van der Waals surface area contributed by atoms with Crippen LogP contribution in [0.5, 0.6) is 0 Å². The lowest BCUT2D eigenvalue weighted by atomic mass is 9.89. The number of unbranched alkanes of at least 4 members (excludes halogenated alkanes) is 2. The van der Waals surface area contributed by atoms with E-state index in [4.69, 9.17) is 4.74 Å². The van der Waals surface area contributed by atoms with Gasteiger partial charge in [-0.2, -0.15) is 0 Å². The van der Waals surface area contributed by atoms with Gasteiger partial charge in [-0.1, -0.05) is 19.8 Å². The molecule has 2 heterocycles. The SMILES string of the molecule is CCCCCNc1ccc2[nH]cc(C3CCN(C(=O)OC(C)(C)C)CC3)c2c1. The normalized spacial score (nSPS) is 15.8. The summed E-state index contributed by atoms with van der Waals surface area (Å²) in [7, 11) is 0. The first kappa shape index (κ1) is 20.6. The maximum atomic E-state index is 12.3. The van der Waals surface area contributed by atoms with Crippen LogP contribution in [0, 0.1) is 0 Å². The van der Waals surface area contributed by atoms with Crippen LogP contribution in [0.3, 0.4) is 0 Å². The fourth-order valence-corrected chi connectivity index (χ4v) is 3.90. The average molecular weight is 386 g/mol. The third kappa shape index (κ3) is 5.21. The number of benzene rings is 1. The summed E-state index contributed by atoms with van der Waals surface area (Å²) in [4.78, 5) is 17.6. The van der Waals surface area contributed by atoms with Crippen molar-refractivity contribution in [3.63, 3.8) is 0 Å². The number of nitrogens with zero attached hydrogens (tertiary/aromatic N) is 1. The maximum absolute atomic E-state index is 12.3. The van der Waals surface area contributed by atoms with E-state index in [9.17, 15) is 4.79 Å². The number of carbonyl (C=O) groups is 1. The molecule has 1 saturated heterocycles. The highest BCUT2D eigenvalue weighted by molar-refractivity contribution is 5.87. The molecule has 154 valence electrons. The summed E-state index contributed by atoms with van der Waals surface area (Å²) in [5.41, 5.74) is 3.31. The zero-order valence-corrected chi connectivity index (χ0v) is 17.8. The van der Waals surface area contributed by atoms with Crippen LogP contribution in [-0.2, 0) is 4.74 Å². The van der Waals surface area contributed by atoms with Crippen LogP contribution in [0.15, 0.2) is 24.4 Å². The number of fused-ring (bicyclic) bond motifs is 1. The number of carbonyl (C=O) groups excluding carboxylic acids is 1. The Kier molecular flexibility index (Phi) is 6.53. The van der Waals surface area contributed by atoms with E-state index in [0.29, 0.717) is 5.92 Å². The van der Waals surface area contributed by atoms with Gasteiger partial charge in [-0.3, -0.25) is 0 Å². The quantitative estimate of drug-likeness (QED) is 0.610. The van der Waals surface area contributed by atoms with Gasteiger partial charge in [-0.15, -0.1) is 0 Å². The standard InChI is InChI=1S/C23H35N3O2/c1-5-6-7-12-24-18-8-9-21-19(15-18)20(16-25-21)17-10-13-26(14-11-17)22(27)28-23(2,3)4/h8-9,15-17,24-25H,5-7,10-14H2,1-4H3. The fraction of sp³-hybridized carbons (Fsp3) is 0.609. The number of H-pyrrole nitrogens is 1. The molecule has 1 aliphatic rings. The largest absolute Gasteiger partial charge is 0.444 e. The molecular formula is C23H35N3O2. The van der Waals surface area contributed by atoms with Crippen molar-refractivity contribution in [3.8, 4) is 0 Å². The molecule has 2 N–H and O–H groups in total. The molecule has 1 aromatic carbocycles. The molecule has 0 aliphatic carbocycles. The summed E-state index contributed by atoms with van der Waals surface area (Å²) in [5.74, 6) is 0.475. The highest BCUT2D eigenvalue weighted by Gasteiger charge is 2.28. The summed E-state index contributed by atoms with van der Waals surface area (Å²) in [6, 6.07) is 6.59. The number of aromatic nitrogens is 1. The molecule has 1 amide bonds. The minimum absolute atomic E-state index is 0.191. The highest BCUT2D eigenvalue weighted by Crippen LogP contribution is 2.34. The first-order chi connectivity index (χ1) is 13.4. The first-order valence-electron chi connectivity index (χ1n) is 10.7. The van der Waals surface area contributed by atoms with Gasteiger partial charge in [0, 0.05) is 42.4 Å². The van der Waals surface area contributed by atoms with Crippen LogP contribution in [0.25, 0.3) is 10.9 Å². The maximum Gasteiger partial charge on any atom is 0.410 e. The highest BCUT2D eigenvalue weighted by atomic mass is 16.6. The van der Waals surface area contributed by atoms with E-state index in [0.717, 1.165) is 32.5 Å². The van der Waals surface area contributed by atoms with Crippen molar-refractivity contribution >= 4 is 22.7 Å². The number of amides is 1. The number of piperidine rings is 1. The van der Waals surface area contributed by atoms with Gasteiger partial charge in [0.25, 0.3) is 0 Å². The Morgan fingerprint density at radius 1 is 1.25 bits per heavy atom. The monoisotopic (exact) mass is 385 g/mol. The van der Waals surface area contributed by atoms with Crippen LogP contribution in [0.1, 0.15) is 71.3 Å². The molecule has 1 fully saturated rings. The molecule has 28 heavy (non-hydrogen) atoms. The second kappa shape index (κ2) is 8.89. The molecule has 0 bridgehead atoms. The minimum atomic E-state index is -0.439. The number of hydrogen-bond acceptors (Lipinski definition) is 3. The lowest BCUT2D eigenvalue weighted by molar-refractivity contribution is 0.0205. The van der Waals surface area contributed by atoms with Gasteiger partial charge >= 0.3 is 6.09 Å². The molecular weight excluding hydrogens is 350 g/mol. The van der Waals surface area contributed by atoms with Crippen molar-refractivity contribution in [1.82, 2.24) is 9.88 Å². The van der Waals surface area contributed by atoms with Crippen LogP contribution in [-0.4, -0.2) is 41.2 Å². The van der Waals surface area contributed by atoms with Crippen LogP contribution < -0.4 is 5.32 Å². The molecule has 1 aromatic heterocycles. The van der Waals surface area contributed by atoms with Gasteiger partial charge in [0.15, 0.2) is 0 Å². The van der Waals surface area contributed by atoms with Gasteiger partial charge in [-0.25, -0.2) is 4.79 Å². The summed E-state index contributed by atoms with van der Waals surface area (Å²) in [5, 5.41) is 4.85. The van der Waals surface area contributed by atoms with E-state index >= 15 is 0 Å². The number of anilines is 1. The van der Waals surface area contributed by atoms with Crippen molar-refractivity contribution in [2.24, 2.45) is 0 Å². The van der Waals surface area contributed by atoms with E-state index in [1.807, 2.05) is 25.7 Å². The Hall–Kier alpha value is -2.17. The Morgan fingerprint density at radius 3 is 2.68 bits per heavy atom. The molecule has 3 rings (SSSR count). The van der Waals surface area contributed by atoms with Gasteiger partial charge in [-0.05, 0) is 69.7 Å². The number of aromatic amines is 1. The number of hydrogen-bond donors (Lipinski definition) is 2. The molecule has 1 aliphatic heterocycles. The van der Waals surface area contributed by atoms with E-state index < -0.39 is 5.60 Å². The molecule has 0 spiro atoms. The van der Waals surface area contributed by atoms with Crippen molar-refractivity contribution < 1.29 is 9.53 Å². The summed E-state index contributed by atoms with van der Waals surface area (Å²) < 4.78 is 5.52. The van der Waals surface area contributed by atoms with Crippen molar-refractivity contribution in [1.29, 1.82) is 0 Å². The second-order valence-electron chi connectivity index (χ2n) is 8.88. The molecule has 0 radical (unpaired) electrons. The zero-order valence-electron chi connectivity index (χ0n) is 17.8. The molecule has 5 nitrogen and oxygen atoms in total. The van der Waals surface area contributed by atoms with Crippen molar-refractivity contribution in [2.45, 2.75) is 71.3 Å². The topological polar surface area (TPSA) is 57.4 Å². The molecule has 2 aromatic rings. The lowest BCUT2D eigenvalue weighted by Crippen LogP contribution is -2.41. The van der Waals surface area contributed by atoms with Crippen LogP contribution in [0.2, 0.25) is 0 Å². The summed E-state index contributed by atoms with van der Waals surface area (Å²) >= 11 is 0. The molecule has 0 atom stereocenters. The predicted octanol–water partition coefficient (Wildman–Crippen LogP) is 5.88. The predicted molar refractivity (Wildman–Crippen MR) is 116 cm³/mol. The number of nitrogens with one attached hydrogen (secondary N) is 2. The Labute approximate surface area is 168 Å². The summed E-state index contributed by atoms with van der Waals surface area (Å²) in [6.45, 7) is 10.5. The Bertz CT molecular complexity index is 783.